The van der Waals surface area contributed by atoms with Crippen molar-refractivity contribution >= 4 is 35.0 Å². The molecule has 0 radical (unpaired) electrons. The molecule has 4 N–H and O–H groups in total. The number of nitrogens with zero attached hydrogens (tertiary/aromatic N) is 2. The van der Waals surface area contributed by atoms with Crippen LogP contribution in [0.2, 0.25) is 10.0 Å². The van der Waals surface area contributed by atoms with E-state index in [1.165, 1.54) is 0 Å². The van der Waals surface area contributed by atoms with Gasteiger partial charge in [0.05, 0.1) is 34.6 Å². The van der Waals surface area contributed by atoms with Gasteiger partial charge < -0.3 is 30.7 Å². The highest BCUT2D eigenvalue weighted by molar-refractivity contribution is 6.39. The van der Waals surface area contributed by atoms with Crippen LogP contribution in [0, 0.1) is 0 Å². The zero-order chi connectivity index (χ0) is 35.7. The Balaban J connectivity index is 1.21. The SMILES string of the molecule is CCOc1nc(-c2cccc(-c3cccc(-c4ccc(CNC[C@@H]5CCC(=O)N5)c(OCC)n4)c3Cl)c2Cl)ccc1CNC[C@@H]1CCCC(=O)N1. The number of piperidine rings is 1. The number of hydrogen-bond acceptors (Lipinski definition) is 8. The van der Waals surface area contributed by atoms with Crippen LogP contribution in [0.1, 0.15) is 57.1 Å². The highest BCUT2D eigenvalue weighted by Crippen LogP contribution is 2.42. The van der Waals surface area contributed by atoms with Gasteiger partial charge in [-0.05, 0) is 45.2 Å². The van der Waals surface area contributed by atoms with Crippen molar-refractivity contribution in [2.45, 2.75) is 71.1 Å². The number of benzene rings is 2. The van der Waals surface area contributed by atoms with Crippen LogP contribution in [-0.2, 0) is 22.7 Å². The molecule has 2 amide bonds. The number of carbonyl (C=O) groups excluding carboxylic acids is 2. The van der Waals surface area contributed by atoms with Crippen LogP contribution in [-0.4, -0.2) is 60.2 Å². The van der Waals surface area contributed by atoms with Crippen molar-refractivity contribution in [3.63, 3.8) is 0 Å². The highest BCUT2D eigenvalue weighted by atomic mass is 35.5. The zero-order valence-electron chi connectivity index (χ0n) is 29.0. The van der Waals surface area contributed by atoms with E-state index in [-0.39, 0.29) is 23.9 Å². The standard InChI is InChI=1S/C39H44Cl2N6O4/c1-3-50-38-24(20-42-22-26-8-5-13-34(48)44-26)14-17-32(46-38)30-11-6-9-28(36(30)40)29-10-7-12-31(37(29)41)33-18-15-25(39(47-33)51-4-2)21-43-23-27-16-19-35(49)45-27/h6-7,9-12,14-15,17-18,26-27,42-43H,3-5,8,13,16,19-23H2,1-2H3,(H,44,48)(H,45,49)/t26-,27-/m0/s1. The molecule has 6 rings (SSSR count). The molecular weight excluding hydrogens is 687 g/mol. The number of hydrogen-bond donors (Lipinski definition) is 4. The molecule has 12 heteroatoms. The van der Waals surface area contributed by atoms with E-state index >= 15 is 0 Å². The van der Waals surface area contributed by atoms with Gasteiger partial charge in [-0.25, -0.2) is 9.97 Å². The average Bonchev–Trinajstić information content (AvgIpc) is 3.55. The van der Waals surface area contributed by atoms with Gasteiger partial charge in [0.15, 0.2) is 0 Å². The molecule has 2 saturated heterocycles. The van der Waals surface area contributed by atoms with Crippen molar-refractivity contribution in [3.05, 3.63) is 81.8 Å². The summed E-state index contributed by atoms with van der Waals surface area (Å²) >= 11 is 14.3. The van der Waals surface area contributed by atoms with Crippen molar-refractivity contribution in [2.75, 3.05) is 26.3 Å². The summed E-state index contributed by atoms with van der Waals surface area (Å²) in [6, 6.07) is 19.8. The molecule has 0 aliphatic carbocycles. The second kappa shape index (κ2) is 17.3. The van der Waals surface area contributed by atoms with Crippen LogP contribution in [0.3, 0.4) is 0 Å². The number of nitrogens with one attached hydrogen (secondary N) is 4. The van der Waals surface area contributed by atoms with Crippen LogP contribution in [0.5, 0.6) is 11.8 Å². The third-order valence-corrected chi connectivity index (χ3v) is 9.91. The summed E-state index contributed by atoms with van der Waals surface area (Å²) in [4.78, 5) is 33.1. The third kappa shape index (κ3) is 8.99. The molecule has 0 saturated carbocycles. The van der Waals surface area contributed by atoms with E-state index in [2.05, 4.69) is 21.3 Å². The van der Waals surface area contributed by atoms with Gasteiger partial charge in [0, 0.05) is 84.5 Å². The lowest BCUT2D eigenvalue weighted by molar-refractivity contribution is -0.123. The van der Waals surface area contributed by atoms with E-state index in [0.29, 0.717) is 85.4 Å². The lowest BCUT2D eigenvalue weighted by Crippen LogP contribution is -2.44. The Bertz CT molecular complexity index is 1870. The van der Waals surface area contributed by atoms with Crippen molar-refractivity contribution < 1.29 is 19.1 Å². The second-order valence-electron chi connectivity index (χ2n) is 12.7. The molecule has 268 valence electrons. The first-order valence-electron chi connectivity index (χ1n) is 17.7. The second-order valence-corrected chi connectivity index (χ2v) is 13.5. The van der Waals surface area contributed by atoms with Gasteiger partial charge in [0.2, 0.25) is 23.6 Å². The first kappa shape index (κ1) is 36.6. The van der Waals surface area contributed by atoms with Crippen molar-refractivity contribution in [2.24, 2.45) is 0 Å². The van der Waals surface area contributed by atoms with Crippen LogP contribution in [0.4, 0.5) is 0 Å². The van der Waals surface area contributed by atoms with Crippen LogP contribution in [0.15, 0.2) is 60.7 Å². The number of rotatable bonds is 15. The monoisotopic (exact) mass is 730 g/mol. The van der Waals surface area contributed by atoms with Crippen LogP contribution < -0.4 is 30.7 Å². The average molecular weight is 732 g/mol. The fourth-order valence-electron chi connectivity index (χ4n) is 6.53. The minimum atomic E-state index is 0.101. The molecule has 4 heterocycles. The molecule has 4 aromatic rings. The predicted octanol–water partition coefficient (Wildman–Crippen LogP) is 6.71. The van der Waals surface area contributed by atoms with Crippen LogP contribution >= 0.6 is 23.2 Å². The molecule has 2 aromatic heterocycles. The topological polar surface area (TPSA) is 126 Å². The lowest BCUT2D eigenvalue weighted by Gasteiger charge is -2.23. The zero-order valence-corrected chi connectivity index (χ0v) is 30.5. The predicted molar refractivity (Wildman–Crippen MR) is 201 cm³/mol. The molecule has 0 spiro atoms. The van der Waals surface area contributed by atoms with Gasteiger partial charge in [-0.2, -0.15) is 0 Å². The Morgan fingerprint density at radius 1 is 0.667 bits per heavy atom. The fourth-order valence-corrected chi connectivity index (χ4v) is 7.18. The maximum Gasteiger partial charge on any atom is 0.220 e. The van der Waals surface area contributed by atoms with E-state index in [4.69, 9.17) is 42.6 Å². The summed E-state index contributed by atoms with van der Waals surface area (Å²) in [5.41, 5.74) is 6.26. The highest BCUT2D eigenvalue weighted by Gasteiger charge is 2.22. The summed E-state index contributed by atoms with van der Waals surface area (Å²) in [6.45, 7) is 7.27. The van der Waals surface area contributed by atoms with E-state index < -0.39 is 0 Å². The van der Waals surface area contributed by atoms with Crippen LogP contribution in [0.25, 0.3) is 33.6 Å². The normalized spacial score (nSPS) is 17.3. The molecule has 2 aromatic carbocycles. The smallest absolute Gasteiger partial charge is 0.220 e. The number of pyridine rings is 2. The lowest BCUT2D eigenvalue weighted by atomic mass is 9.98. The molecule has 10 nitrogen and oxygen atoms in total. The Hall–Kier alpha value is -4.22. The summed E-state index contributed by atoms with van der Waals surface area (Å²) in [7, 11) is 0. The molecule has 51 heavy (non-hydrogen) atoms. The summed E-state index contributed by atoms with van der Waals surface area (Å²) in [6.07, 6.45) is 3.89. The number of ether oxygens (including phenoxy) is 2. The van der Waals surface area contributed by atoms with Crippen molar-refractivity contribution in [1.82, 2.24) is 31.2 Å². The van der Waals surface area contributed by atoms with Crippen molar-refractivity contribution in [1.29, 1.82) is 0 Å². The summed E-state index contributed by atoms with van der Waals surface area (Å²) < 4.78 is 11.9. The Morgan fingerprint density at radius 3 is 1.59 bits per heavy atom. The Morgan fingerprint density at radius 2 is 1.14 bits per heavy atom. The van der Waals surface area contributed by atoms with Gasteiger partial charge in [-0.15, -0.1) is 0 Å². The molecule has 2 aliphatic rings. The maximum atomic E-state index is 11.8. The third-order valence-electron chi connectivity index (χ3n) is 9.10. The van der Waals surface area contributed by atoms with E-state index in [1.807, 2.05) is 74.5 Å². The van der Waals surface area contributed by atoms with Gasteiger partial charge in [0.25, 0.3) is 0 Å². The minimum absolute atomic E-state index is 0.101. The fraction of sp³-hybridized carbons (Fsp3) is 0.385. The first-order valence-corrected chi connectivity index (χ1v) is 18.4. The minimum Gasteiger partial charge on any atom is -0.478 e. The Kier molecular flexibility index (Phi) is 12.4. The Labute approximate surface area is 309 Å². The van der Waals surface area contributed by atoms with Gasteiger partial charge in [-0.1, -0.05) is 71.7 Å². The van der Waals surface area contributed by atoms with E-state index in [1.54, 1.807) is 0 Å². The first-order chi connectivity index (χ1) is 24.8. The van der Waals surface area contributed by atoms with Gasteiger partial charge >= 0.3 is 0 Å². The summed E-state index contributed by atoms with van der Waals surface area (Å²) in [5, 5.41) is 13.9. The number of halogens is 2. The molecule has 0 bridgehead atoms. The number of carbonyl (C=O) groups is 2. The molecule has 2 aliphatic heterocycles. The molecule has 0 unspecified atom stereocenters. The number of amides is 2. The summed E-state index contributed by atoms with van der Waals surface area (Å²) in [5.74, 6) is 1.29. The largest absolute Gasteiger partial charge is 0.478 e. The number of aromatic nitrogens is 2. The molecule has 2 atom stereocenters. The van der Waals surface area contributed by atoms with Gasteiger partial charge in [0.1, 0.15) is 0 Å². The van der Waals surface area contributed by atoms with E-state index in [9.17, 15) is 9.59 Å². The quantitative estimate of drug-likeness (QED) is 0.106. The molecular formula is C39H44Cl2N6O4. The van der Waals surface area contributed by atoms with Crippen molar-refractivity contribution in [3.8, 4) is 45.4 Å². The van der Waals surface area contributed by atoms with E-state index in [0.717, 1.165) is 52.6 Å². The maximum absolute atomic E-state index is 11.8. The molecule has 2 fully saturated rings. The van der Waals surface area contributed by atoms with Gasteiger partial charge in [-0.3, -0.25) is 9.59 Å².